The van der Waals surface area contributed by atoms with Crippen molar-refractivity contribution in [1.82, 2.24) is 4.90 Å². The van der Waals surface area contributed by atoms with Crippen LogP contribution in [0.15, 0.2) is 6.07 Å². The lowest BCUT2D eigenvalue weighted by Gasteiger charge is -2.19. The van der Waals surface area contributed by atoms with Gasteiger partial charge in [0.25, 0.3) is 5.91 Å². The number of esters is 1. The van der Waals surface area contributed by atoms with Crippen molar-refractivity contribution in [3.8, 4) is 0 Å². The number of ether oxygens (including phenoxy) is 1. The molecule has 0 saturated heterocycles. The molecular formula is C15H21NO3S. The van der Waals surface area contributed by atoms with E-state index in [0.717, 1.165) is 17.7 Å². The van der Waals surface area contributed by atoms with Crippen LogP contribution in [-0.4, -0.2) is 37.0 Å². The molecule has 4 nitrogen and oxygen atoms in total. The Morgan fingerprint density at radius 3 is 2.75 bits per heavy atom. The van der Waals surface area contributed by atoms with Gasteiger partial charge in [-0.1, -0.05) is 0 Å². The highest BCUT2D eigenvalue weighted by atomic mass is 32.1. The Morgan fingerprint density at radius 1 is 1.35 bits per heavy atom. The molecule has 1 aliphatic rings. The van der Waals surface area contributed by atoms with Crippen LogP contribution in [-0.2, 0) is 22.4 Å². The quantitative estimate of drug-likeness (QED) is 0.785. The van der Waals surface area contributed by atoms with Gasteiger partial charge < -0.3 is 9.64 Å². The van der Waals surface area contributed by atoms with Crippen molar-refractivity contribution in [2.24, 2.45) is 0 Å². The zero-order valence-corrected chi connectivity index (χ0v) is 12.9. The minimum atomic E-state index is -0.276. The minimum absolute atomic E-state index is 0.0378. The van der Waals surface area contributed by atoms with Gasteiger partial charge in [0.15, 0.2) is 0 Å². The second kappa shape index (κ2) is 6.88. The summed E-state index contributed by atoms with van der Waals surface area (Å²) in [6.45, 7) is 2.96. The standard InChI is InChI=1S/C15H21NO3S/c1-3-16(9-8-14(17)19-2)15(18)13-10-11-6-4-5-7-12(11)20-13/h10H,3-9H2,1-2H3. The van der Waals surface area contributed by atoms with Gasteiger partial charge >= 0.3 is 5.97 Å². The van der Waals surface area contributed by atoms with Gasteiger partial charge in [-0.3, -0.25) is 9.59 Å². The summed E-state index contributed by atoms with van der Waals surface area (Å²) in [5, 5.41) is 0. The van der Waals surface area contributed by atoms with E-state index in [4.69, 9.17) is 0 Å². The summed E-state index contributed by atoms with van der Waals surface area (Å²) in [6.07, 6.45) is 4.88. The predicted molar refractivity (Wildman–Crippen MR) is 79.2 cm³/mol. The van der Waals surface area contributed by atoms with Crippen molar-refractivity contribution in [3.63, 3.8) is 0 Å². The molecule has 1 amide bonds. The van der Waals surface area contributed by atoms with Gasteiger partial charge in [0.2, 0.25) is 0 Å². The summed E-state index contributed by atoms with van der Waals surface area (Å²) in [4.78, 5) is 27.6. The summed E-state index contributed by atoms with van der Waals surface area (Å²) in [7, 11) is 1.37. The van der Waals surface area contributed by atoms with Gasteiger partial charge in [-0.2, -0.15) is 0 Å². The molecule has 20 heavy (non-hydrogen) atoms. The second-order valence-electron chi connectivity index (χ2n) is 4.98. The van der Waals surface area contributed by atoms with E-state index < -0.39 is 0 Å². The molecule has 0 aliphatic heterocycles. The SMILES string of the molecule is CCN(CCC(=O)OC)C(=O)c1cc2c(s1)CCCC2. The highest BCUT2D eigenvalue weighted by Gasteiger charge is 2.21. The summed E-state index contributed by atoms with van der Waals surface area (Å²) in [5.41, 5.74) is 1.34. The first-order valence-corrected chi connectivity index (χ1v) is 7.95. The first-order valence-electron chi connectivity index (χ1n) is 7.13. The monoisotopic (exact) mass is 295 g/mol. The normalized spacial score (nSPS) is 13.7. The average Bonchev–Trinajstić information content (AvgIpc) is 2.91. The number of carbonyl (C=O) groups is 2. The number of hydrogen-bond acceptors (Lipinski definition) is 4. The van der Waals surface area contributed by atoms with Gasteiger partial charge in [-0.15, -0.1) is 11.3 Å². The Kier molecular flexibility index (Phi) is 5.17. The number of nitrogens with zero attached hydrogens (tertiary/aromatic N) is 1. The maximum absolute atomic E-state index is 12.5. The maximum Gasteiger partial charge on any atom is 0.307 e. The van der Waals surface area contributed by atoms with Crippen molar-refractivity contribution in [3.05, 3.63) is 21.4 Å². The van der Waals surface area contributed by atoms with Crippen molar-refractivity contribution in [2.45, 2.75) is 39.0 Å². The number of methoxy groups -OCH3 is 1. The van der Waals surface area contributed by atoms with Crippen LogP contribution in [0.4, 0.5) is 0 Å². The van der Waals surface area contributed by atoms with Crippen molar-refractivity contribution in [2.75, 3.05) is 20.2 Å². The lowest BCUT2D eigenvalue weighted by Crippen LogP contribution is -2.32. The number of aryl methyl sites for hydroxylation is 2. The van der Waals surface area contributed by atoms with Crippen LogP contribution in [0.25, 0.3) is 0 Å². The van der Waals surface area contributed by atoms with Gasteiger partial charge in [-0.05, 0) is 44.2 Å². The Hall–Kier alpha value is -1.36. The summed E-state index contributed by atoms with van der Waals surface area (Å²) < 4.78 is 4.62. The molecule has 1 aromatic heterocycles. The molecule has 1 aliphatic carbocycles. The molecule has 0 bridgehead atoms. The number of hydrogen-bond donors (Lipinski definition) is 0. The number of thiophene rings is 1. The third-order valence-electron chi connectivity index (χ3n) is 3.69. The summed E-state index contributed by atoms with van der Waals surface area (Å²) in [6, 6.07) is 2.04. The third kappa shape index (κ3) is 3.39. The molecule has 0 saturated carbocycles. The lowest BCUT2D eigenvalue weighted by atomic mass is 9.99. The van der Waals surface area contributed by atoms with Crippen LogP contribution in [0.5, 0.6) is 0 Å². The molecule has 0 atom stereocenters. The first-order chi connectivity index (χ1) is 9.65. The molecule has 110 valence electrons. The predicted octanol–water partition coefficient (Wildman–Crippen LogP) is 2.65. The largest absolute Gasteiger partial charge is 0.469 e. The Bertz CT molecular complexity index is 472. The molecule has 0 spiro atoms. The Balaban J connectivity index is 2.04. The molecule has 5 heteroatoms. The number of fused-ring (bicyclic) bond motifs is 1. The highest BCUT2D eigenvalue weighted by Crippen LogP contribution is 2.30. The van der Waals surface area contributed by atoms with Crippen LogP contribution in [0.3, 0.4) is 0 Å². The van der Waals surface area contributed by atoms with Crippen LogP contribution >= 0.6 is 11.3 Å². The molecular weight excluding hydrogens is 274 g/mol. The fourth-order valence-electron chi connectivity index (χ4n) is 2.48. The van der Waals surface area contributed by atoms with E-state index in [1.54, 1.807) is 16.2 Å². The average molecular weight is 295 g/mol. The fourth-order valence-corrected chi connectivity index (χ4v) is 3.70. The highest BCUT2D eigenvalue weighted by molar-refractivity contribution is 7.14. The van der Waals surface area contributed by atoms with E-state index in [0.29, 0.717) is 13.1 Å². The van der Waals surface area contributed by atoms with E-state index in [-0.39, 0.29) is 18.3 Å². The number of amides is 1. The molecule has 0 N–H and O–H groups in total. The smallest absolute Gasteiger partial charge is 0.307 e. The first kappa shape index (κ1) is 15.0. The van der Waals surface area contributed by atoms with Gasteiger partial charge in [0.05, 0.1) is 18.4 Å². The minimum Gasteiger partial charge on any atom is -0.469 e. The number of carbonyl (C=O) groups excluding carboxylic acids is 2. The van der Waals surface area contributed by atoms with Gasteiger partial charge in [0.1, 0.15) is 0 Å². The molecule has 1 aromatic rings. The van der Waals surface area contributed by atoms with E-state index in [1.807, 2.05) is 13.0 Å². The maximum atomic E-state index is 12.5. The van der Waals surface area contributed by atoms with Crippen molar-refractivity contribution in [1.29, 1.82) is 0 Å². The summed E-state index contributed by atoms with van der Waals surface area (Å²) in [5.74, 6) is -0.238. The van der Waals surface area contributed by atoms with Crippen LogP contribution < -0.4 is 0 Å². The molecule has 1 heterocycles. The molecule has 0 radical (unpaired) electrons. The van der Waals surface area contributed by atoms with Gasteiger partial charge in [0, 0.05) is 18.0 Å². The van der Waals surface area contributed by atoms with Crippen LogP contribution in [0, 0.1) is 0 Å². The fraction of sp³-hybridized carbons (Fsp3) is 0.600. The zero-order valence-electron chi connectivity index (χ0n) is 12.1. The zero-order chi connectivity index (χ0) is 14.5. The molecule has 0 unspecified atom stereocenters. The topological polar surface area (TPSA) is 46.6 Å². The van der Waals surface area contributed by atoms with Crippen molar-refractivity contribution >= 4 is 23.2 Å². The Labute approximate surface area is 123 Å². The van der Waals surface area contributed by atoms with E-state index in [1.165, 1.54) is 30.4 Å². The van der Waals surface area contributed by atoms with Gasteiger partial charge in [-0.25, -0.2) is 0 Å². The molecule has 2 rings (SSSR count). The van der Waals surface area contributed by atoms with E-state index >= 15 is 0 Å². The second-order valence-corrected chi connectivity index (χ2v) is 6.11. The summed E-state index contributed by atoms with van der Waals surface area (Å²) >= 11 is 1.62. The van der Waals surface area contributed by atoms with E-state index in [2.05, 4.69) is 4.74 Å². The lowest BCUT2D eigenvalue weighted by molar-refractivity contribution is -0.140. The number of rotatable bonds is 5. The third-order valence-corrected chi connectivity index (χ3v) is 4.91. The van der Waals surface area contributed by atoms with Crippen molar-refractivity contribution < 1.29 is 14.3 Å². The van der Waals surface area contributed by atoms with Crippen LogP contribution in [0.2, 0.25) is 0 Å². The molecule has 0 fully saturated rings. The van der Waals surface area contributed by atoms with Crippen LogP contribution in [0.1, 0.15) is 46.3 Å². The van der Waals surface area contributed by atoms with E-state index in [9.17, 15) is 9.59 Å². The Morgan fingerprint density at radius 2 is 2.10 bits per heavy atom. The molecule has 0 aromatic carbocycles.